The molecule has 172 valence electrons. The molecule has 0 amide bonds. The monoisotopic (exact) mass is 492 g/mol. The van der Waals surface area contributed by atoms with Crippen molar-refractivity contribution in [3.05, 3.63) is 0 Å². The van der Waals surface area contributed by atoms with Crippen molar-refractivity contribution >= 4 is 39.5 Å². The maximum absolute atomic E-state index is 12.3. The van der Waals surface area contributed by atoms with Crippen molar-refractivity contribution in [2.45, 2.75) is 13.8 Å². The van der Waals surface area contributed by atoms with Gasteiger partial charge in [-0.3, -0.25) is 9.11 Å². The van der Waals surface area contributed by atoms with Gasteiger partial charge in [-0.25, -0.2) is 8.42 Å². The van der Waals surface area contributed by atoms with Crippen LogP contribution in [0.4, 0.5) is 0 Å². The number of hydrogen-bond acceptors (Lipinski definition) is 10. The molecule has 0 atom stereocenters. The summed E-state index contributed by atoms with van der Waals surface area (Å²) in [5.41, 5.74) is 0. The molecule has 12 nitrogen and oxygen atoms in total. The van der Waals surface area contributed by atoms with Gasteiger partial charge in [-0.2, -0.15) is 35.5 Å². The van der Waals surface area contributed by atoms with Crippen LogP contribution in [0.25, 0.3) is 0 Å². The first-order valence-electron chi connectivity index (χ1n) is 8.33. The van der Waals surface area contributed by atoms with Gasteiger partial charge in [0.1, 0.15) is 0 Å². The Balaban J connectivity index is 0.000000280. The number of hydrogen-bond donors (Lipinski definition) is 2. The van der Waals surface area contributed by atoms with Crippen LogP contribution in [0.5, 0.6) is 0 Å². The molecular formula is C12H28O12S4. The fourth-order valence-corrected chi connectivity index (χ4v) is 11.5. The van der Waals surface area contributed by atoms with E-state index in [1.807, 2.05) is 0 Å². The molecule has 0 bridgehead atoms. The lowest BCUT2D eigenvalue weighted by molar-refractivity contribution is 0.151. The van der Waals surface area contributed by atoms with E-state index in [1.54, 1.807) is 13.8 Å². The summed E-state index contributed by atoms with van der Waals surface area (Å²) in [5, 5.41) is 0. The van der Waals surface area contributed by atoms with Crippen LogP contribution in [0.2, 0.25) is 0 Å². The highest BCUT2D eigenvalue weighted by molar-refractivity contribution is 8.20. The van der Waals surface area contributed by atoms with Gasteiger partial charge in [0.15, 0.2) is 0 Å². The summed E-state index contributed by atoms with van der Waals surface area (Å²) < 4.78 is 103. The Morgan fingerprint density at radius 2 is 0.964 bits per heavy atom. The maximum Gasteiger partial charge on any atom is 0.415 e. The Bertz CT molecular complexity index is 794. The normalized spacial score (nSPS) is 28.9. The minimum atomic E-state index is -4.67. The molecule has 16 heteroatoms. The Hall–Kier alpha value is -0.0400. The van der Waals surface area contributed by atoms with Gasteiger partial charge in [0, 0.05) is 11.5 Å². The third-order valence-corrected chi connectivity index (χ3v) is 15.6. The molecule has 0 aromatic heterocycles. The second-order valence-electron chi connectivity index (χ2n) is 6.39. The van der Waals surface area contributed by atoms with E-state index in [9.17, 15) is 25.3 Å². The molecule has 0 aliphatic carbocycles. The Kier molecular flexibility index (Phi) is 7.99. The minimum absolute atomic E-state index is 0.0213. The Morgan fingerprint density at radius 1 is 0.714 bits per heavy atom. The second kappa shape index (κ2) is 8.60. The first kappa shape index (κ1) is 26.0. The highest BCUT2D eigenvalue weighted by atomic mass is 32.4. The predicted octanol–water partition coefficient (Wildman–Crippen LogP) is -0.818. The molecule has 2 rings (SSSR count). The minimum Gasteiger partial charge on any atom is -0.378 e. The summed E-state index contributed by atoms with van der Waals surface area (Å²) in [4.78, 5) is 0. The third-order valence-electron chi connectivity index (χ3n) is 4.54. The molecule has 0 radical (unpaired) electrons. The molecule has 0 aromatic carbocycles. The van der Waals surface area contributed by atoms with Gasteiger partial charge in [0.2, 0.25) is 0 Å². The van der Waals surface area contributed by atoms with Crippen LogP contribution >= 0.6 is 0 Å². The predicted molar refractivity (Wildman–Crippen MR) is 104 cm³/mol. The first-order valence-corrected chi connectivity index (χ1v) is 15.9. The Labute approximate surface area is 165 Å². The first-order chi connectivity index (χ1) is 12.5. The fraction of sp³-hybridized carbons (Fsp3) is 1.00. The average molecular weight is 493 g/mol. The van der Waals surface area contributed by atoms with Gasteiger partial charge in [-0.05, 0) is 13.8 Å². The zero-order valence-corrected chi connectivity index (χ0v) is 18.9. The van der Waals surface area contributed by atoms with Gasteiger partial charge in [0.05, 0.1) is 49.4 Å². The average Bonchev–Trinajstić information content (AvgIpc) is 2.53. The fourth-order valence-electron chi connectivity index (χ4n) is 2.63. The highest BCUT2D eigenvalue weighted by Gasteiger charge is 2.38. The standard InChI is InChI=1S/2C6H14O6S2/c2*1-2-14(10,12-13(7,8)9)5-3-11-4-6-14/h2*2-6H2,1H3,(H,7,8,9). The summed E-state index contributed by atoms with van der Waals surface area (Å²) >= 11 is 0. The van der Waals surface area contributed by atoms with E-state index >= 15 is 0 Å². The van der Waals surface area contributed by atoms with Crippen molar-refractivity contribution in [2.75, 3.05) is 60.9 Å². The molecule has 2 aliphatic rings. The molecule has 0 unspecified atom stereocenters. The van der Waals surface area contributed by atoms with Gasteiger partial charge in [-0.1, -0.05) is 0 Å². The second-order valence-corrected chi connectivity index (χ2v) is 17.5. The summed E-state index contributed by atoms with van der Waals surface area (Å²) in [6, 6.07) is 0. The van der Waals surface area contributed by atoms with Crippen LogP contribution in [-0.2, 0) is 56.2 Å². The van der Waals surface area contributed by atoms with E-state index < -0.39 is 39.5 Å². The van der Waals surface area contributed by atoms with Crippen LogP contribution in [0.3, 0.4) is 0 Å². The van der Waals surface area contributed by atoms with Gasteiger partial charge < -0.3 is 9.47 Å². The summed E-state index contributed by atoms with van der Waals surface area (Å²) in [5.74, 6) is 0.225. The molecule has 2 fully saturated rings. The van der Waals surface area contributed by atoms with E-state index in [2.05, 4.69) is 7.26 Å². The quantitative estimate of drug-likeness (QED) is 0.441. The van der Waals surface area contributed by atoms with Crippen molar-refractivity contribution in [1.29, 1.82) is 0 Å². The van der Waals surface area contributed by atoms with E-state index in [-0.39, 0.29) is 60.9 Å². The van der Waals surface area contributed by atoms with Crippen molar-refractivity contribution in [3.8, 4) is 0 Å². The molecule has 28 heavy (non-hydrogen) atoms. The lowest BCUT2D eigenvalue weighted by Gasteiger charge is -2.47. The number of ether oxygens (including phenoxy) is 2. The SMILES string of the molecule is CCS1(=O)(OS(=O)(=O)O)CCOCC1.CCS1(=O)(OS(=O)(=O)O)CCOCC1. The third kappa shape index (κ3) is 7.66. The van der Waals surface area contributed by atoms with Crippen molar-refractivity contribution in [1.82, 2.24) is 0 Å². The molecule has 0 spiro atoms. The lowest BCUT2D eigenvalue weighted by atomic mass is 10.8. The van der Waals surface area contributed by atoms with E-state index in [1.165, 1.54) is 0 Å². The summed E-state index contributed by atoms with van der Waals surface area (Å²) in [6.07, 6.45) is 0. The van der Waals surface area contributed by atoms with Crippen LogP contribution in [0, 0.1) is 0 Å². The van der Waals surface area contributed by atoms with E-state index in [0.717, 1.165) is 0 Å². The molecule has 2 heterocycles. The van der Waals surface area contributed by atoms with Gasteiger partial charge in [-0.15, -0.1) is 7.26 Å². The summed E-state index contributed by atoms with van der Waals surface area (Å²) in [7, 11) is -16.8. The molecule has 2 saturated heterocycles. The van der Waals surface area contributed by atoms with Crippen LogP contribution < -0.4 is 0 Å². The maximum atomic E-state index is 12.3. The molecule has 0 saturated carbocycles. The topological polar surface area (TPSA) is 180 Å². The Morgan fingerprint density at radius 3 is 1.14 bits per heavy atom. The van der Waals surface area contributed by atoms with E-state index in [4.69, 9.17) is 18.6 Å². The molecule has 2 aliphatic heterocycles. The van der Waals surface area contributed by atoms with Gasteiger partial charge in [0.25, 0.3) is 0 Å². The molecule has 2 N–H and O–H groups in total. The molecular weight excluding hydrogens is 464 g/mol. The van der Waals surface area contributed by atoms with Crippen LogP contribution in [0.1, 0.15) is 13.8 Å². The van der Waals surface area contributed by atoms with Crippen molar-refractivity contribution < 1.29 is 51.1 Å². The highest BCUT2D eigenvalue weighted by Crippen LogP contribution is 2.32. The smallest absolute Gasteiger partial charge is 0.378 e. The molecule has 0 aromatic rings. The van der Waals surface area contributed by atoms with Crippen molar-refractivity contribution in [3.63, 3.8) is 0 Å². The van der Waals surface area contributed by atoms with Crippen molar-refractivity contribution in [2.24, 2.45) is 0 Å². The number of rotatable bonds is 6. The van der Waals surface area contributed by atoms with E-state index in [0.29, 0.717) is 0 Å². The van der Waals surface area contributed by atoms with Gasteiger partial charge >= 0.3 is 20.8 Å². The summed E-state index contributed by atoms with van der Waals surface area (Å²) in [6.45, 7) is 3.91. The zero-order chi connectivity index (χ0) is 21.8. The van der Waals surface area contributed by atoms with Crippen LogP contribution in [-0.4, -0.2) is 95.3 Å². The lowest BCUT2D eigenvalue weighted by Crippen LogP contribution is -2.51. The van der Waals surface area contributed by atoms with Crippen LogP contribution in [0.15, 0.2) is 0 Å². The zero-order valence-electron chi connectivity index (χ0n) is 15.7. The largest absolute Gasteiger partial charge is 0.415 e.